The van der Waals surface area contributed by atoms with Gasteiger partial charge in [-0.25, -0.2) is 0 Å². The van der Waals surface area contributed by atoms with Gasteiger partial charge in [-0.2, -0.15) is 0 Å². The highest BCUT2D eigenvalue weighted by molar-refractivity contribution is 5.78. The molecular formula is C30H48O5. The molecular weight excluding hydrogens is 440 g/mol. The summed E-state index contributed by atoms with van der Waals surface area (Å²) in [7, 11) is 0. The highest BCUT2D eigenvalue weighted by Gasteiger charge is 2.73. The van der Waals surface area contributed by atoms with Gasteiger partial charge in [-0.05, 0) is 102 Å². The van der Waals surface area contributed by atoms with E-state index in [-0.39, 0.29) is 27.1 Å². The monoisotopic (exact) mass is 488 g/mol. The van der Waals surface area contributed by atoms with Gasteiger partial charge >= 0.3 is 5.97 Å². The lowest BCUT2D eigenvalue weighted by Gasteiger charge is -2.72. The maximum Gasteiger partial charge on any atom is 0.312 e. The fourth-order valence-electron chi connectivity index (χ4n) is 10.9. The van der Waals surface area contributed by atoms with Gasteiger partial charge in [-0.1, -0.05) is 54.5 Å². The summed E-state index contributed by atoms with van der Waals surface area (Å²) in [6, 6.07) is 0. The first kappa shape index (κ1) is 25.7. The van der Waals surface area contributed by atoms with E-state index in [4.69, 9.17) is 0 Å². The van der Waals surface area contributed by atoms with Crippen molar-refractivity contribution in [3.63, 3.8) is 0 Å². The van der Waals surface area contributed by atoms with Gasteiger partial charge in [0, 0.05) is 0 Å². The third-order valence-electron chi connectivity index (χ3n) is 13.1. The molecule has 4 saturated carbocycles. The molecule has 9 atom stereocenters. The van der Waals surface area contributed by atoms with Crippen LogP contribution >= 0.6 is 0 Å². The van der Waals surface area contributed by atoms with Crippen molar-refractivity contribution in [2.45, 2.75) is 124 Å². The number of aliphatic hydroxyl groups excluding tert-OH is 2. The molecule has 0 aromatic carbocycles. The molecule has 0 aliphatic heterocycles. The molecule has 0 spiro atoms. The van der Waals surface area contributed by atoms with Crippen LogP contribution in [0.1, 0.15) is 106 Å². The summed E-state index contributed by atoms with van der Waals surface area (Å²) in [6.07, 6.45) is 7.28. The Kier molecular flexibility index (Phi) is 5.25. The van der Waals surface area contributed by atoms with E-state index in [1.807, 2.05) is 0 Å². The van der Waals surface area contributed by atoms with Crippen LogP contribution in [0.2, 0.25) is 0 Å². The standard InChI is InChI=1S/C30H48O5/c1-24(2)12-14-29(23(33)34)15-13-28(7)21(30(29,35)17-24)9-8-20-26(5)16-18(31)22(32)25(3,4)19(26)10-11-27(20,28)6/h9,18-20,22,31-32,35H,8,10-17H2,1-7H3,(H,33,34). The summed E-state index contributed by atoms with van der Waals surface area (Å²) in [6.45, 7) is 15.6. The Morgan fingerprint density at radius 1 is 0.914 bits per heavy atom. The number of carboxylic acid groups (broad SMARTS) is 1. The van der Waals surface area contributed by atoms with E-state index in [9.17, 15) is 25.2 Å². The van der Waals surface area contributed by atoms with E-state index in [0.29, 0.717) is 37.5 Å². The topological polar surface area (TPSA) is 98.0 Å². The zero-order chi connectivity index (χ0) is 26.0. The molecule has 5 aliphatic rings. The largest absolute Gasteiger partial charge is 0.481 e. The van der Waals surface area contributed by atoms with Crippen LogP contribution in [-0.2, 0) is 4.79 Å². The highest BCUT2D eigenvalue weighted by atomic mass is 16.4. The average molecular weight is 489 g/mol. The Morgan fingerprint density at radius 2 is 1.54 bits per heavy atom. The van der Waals surface area contributed by atoms with E-state index in [1.165, 1.54) is 0 Å². The number of hydrogen-bond donors (Lipinski definition) is 4. The number of carbonyl (C=O) groups is 1. The van der Waals surface area contributed by atoms with Gasteiger partial charge in [-0.15, -0.1) is 0 Å². The Hall–Kier alpha value is -0.910. The minimum Gasteiger partial charge on any atom is -0.481 e. The van der Waals surface area contributed by atoms with E-state index in [0.717, 1.165) is 37.7 Å². The van der Waals surface area contributed by atoms with Crippen LogP contribution in [0.4, 0.5) is 0 Å². The van der Waals surface area contributed by atoms with Crippen molar-refractivity contribution in [2.75, 3.05) is 0 Å². The second kappa shape index (κ2) is 7.14. The van der Waals surface area contributed by atoms with Crippen molar-refractivity contribution < 1.29 is 25.2 Å². The average Bonchev–Trinajstić information content (AvgIpc) is 2.71. The molecule has 5 aliphatic carbocycles. The van der Waals surface area contributed by atoms with Crippen molar-refractivity contribution in [2.24, 2.45) is 44.3 Å². The summed E-state index contributed by atoms with van der Waals surface area (Å²) >= 11 is 0. The maximum absolute atomic E-state index is 12.8. The molecule has 5 nitrogen and oxygen atoms in total. The van der Waals surface area contributed by atoms with Crippen molar-refractivity contribution in [1.82, 2.24) is 0 Å². The molecule has 0 aromatic heterocycles. The van der Waals surface area contributed by atoms with Crippen molar-refractivity contribution >= 4 is 5.97 Å². The number of aliphatic carboxylic acids is 1. The first-order chi connectivity index (χ1) is 15.9. The molecule has 0 radical (unpaired) electrons. The van der Waals surface area contributed by atoms with Crippen LogP contribution in [0.15, 0.2) is 11.6 Å². The maximum atomic E-state index is 12.8. The third kappa shape index (κ3) is 2.90. The minimum atomic E-state index is -1.33. The fraction of sp³-hybridized carbons (Fsp3) is 0.900. The number of rotatable bonds is 1. The van der Waals surface area contributed by atoms with Crippen LogP contribution in [0.25, 0.3) is 0 Å². The molecule has 0 heterocycles. The quantitative estimate of drug-likeness (QED) is 0.375. The molecule has 0 bridgehead atoms. The van der Waals surface area contributed by atoms with Gasteiger partial charge in [-0.3, -0.25) is 4.79 Å². The number of carboxylic acids is 1. The summed E-state index contributed by atoms with van der Waals surface area (Å²) in [4.78, 5) is 12.8. The van der Waals surface area contributed by atoms with Crippen LogP contribution in [-0.4, -0.2) is 44.2 Å². The second-order valence-electron chi connectivity index (χ2n) is 15.4. The molecule has 5 heteroatoms. The van der Waals surface area contributed by atoms with Crippen molar-refractivity contribution in [3.05, 3.63) is 11.6 Å². The fourth-order valence-corrected chi connectivity index (χ4v) is 10.9. The minimum absolute atomic E-state index is 0.109. The Morgan fingerprint density at radius 3 is 2.17 bits per heavy atom. The van der Waals surface area contributed by atoms with Gasteiger partial charge < -0.3 is 20.4 Å². The lowest BCUT2D eigenvalue weighted by atomic mass is 9.32. The zero-order valence-electron chi connectivity index (χ0n) is 22.9. The molecule has 0 saturated heterocycles. The van der Waals surface area contributed by atoms with Crippen molar-refractivity contribution in [3.8, 4) is 0 Å². The Labute approximate surface area is 211 Å². The molecule has 198 valence electrons. The predicted octanol–water partition coefficient (Wildman–Crippen LogP) is 5.32. The lowest BCUT2D eigenvalue weighted by Crippen LogP contribution is -2.70. The van der Waals surface area contributed by atoms with Gasteiger partial charge in [0.1, 0.15) is 11.0 Å². The predicted molar refractivity (Wildman–Crippen MR) is 136 cm³/mol. The Bertz CT molecular complexity index is 968. The summed E-state index contributed by atoms with van der Waals surface area (Å²) in [5, 5.41) is 44.9. The van der Waals surface area contributed by atoms with Crippen LogP contribution in [0, 0.1) is 44.3 Å². The second-order valence-corrected chi connectivity index (χ2v) is 15.4. The summed E-state index contributed by atoms with van der Waals surface area (Å²) in [5.74, 6) is -0.225. The zero-order valence-corrected chi connectivity index (χ0v) is 22.9. The first-order valence-electron chi connectivity index (χ1n) is 13.9. The molecule has 5 rings (SSSR count). The van der Waals surface area contributed by atoms with E-state index < -0.39 is 29.2 Å². The SMILES string of the molecule is CC1(C)CCC2(C(=O)O)CCC3(C)C(=CCC4C5(C)CC(O)C(O)C(C)(C)C5CCC43C)C2(O)C1. The van der Waals surface area contributed by atoms with Gasteiger partial charge in [0.05, 0.1) is 12.2 Å². The number of hydrogen-bond acceptors (Lipinski definition) is 4. The molecule has 35 heavy (non-hydrogen) atoms. The van der Waals surface area contributed by atoms with Gasteiger partial charge in [0.25, 0.3) is 0 Å². The molecule has 4 fully saturated rings. The van der Waals surface area contributed by atoms with Crippen LogP contribution in [0.3, 0.4) is 0 Å². The number of aliphatic hydroxyl groups is 3. The highest BCUT2D eigenvalue weighted by Crippen LogP contribution is 2.76. The lowest BCUT2D eigenvalue weighted by molar-refractivity contribution is -0.242. The third-order valence-corrected chi connectivity index (χ3v) is 13.1. The van der Waals surface area contributed by atoms with Gasteiger partial charge in [0.15, 0.2) is 0 Å². The smallest absolute Gasteiger partial charge is 0.312 e. The van der Waals surface area contributed by atoms with Crippen LogP contribution in [0.5, 0.6) is 0 Å². The van der Waals surface area contributed by atoms with E-state index in [2.05, 4.69) is 54.5 Å². The first-order valence-corrected chi connectivity index (χ1v) is 13.9. The molecule has 0 amide bonds. The molecule has 4 N–H and O–H groups in total. The van der Waals surface area contributed by atoms with E-state index >= 15 is 0 Å². The Balaban J connectivity index is 1.65. The van der Waals surface area contributed by atoms with E-state index in [1.54, 1.807) is 0 Å². The molecule has 0 aromatic rings. The molecule has 9 unspecified atom stereocenters. The number of allylic oxidation sites excluding steroid dienone is 1. The van der Waals surface area contributed by atoms with Crippen LogP contribution < -0.4 is 0 Å². The van der Waals surface area contributed by atoms with Gasteiger partial charge in [0.2, 0.25) is 0 Å². The van der Waals surface area contributed by atoms with Crippen molar-refractivity contribution in [1.29, 1.82) is 0 Å². The summed E-state index contributed by atoms with van der Waals surface area (Å²) in [5.41, 5.74) is -2.46. The normalized spacial score (nSPS) is 54.4. The summed E-state index contributed by atoms with van der Waals surface area (Å²) < 4.78 is 0. The number of fused-ring (bicyclic) bond motifs is 7.